The number of hydrogen-bond acceptors (Lipinski definition) is 4. The Morgan fingerprint density at radius 1 is 1.33 bits per heavy atom. The van der Waals surface area contributed by atoms with Gasteiger partial charge in [-0.3, -0.25) is 4.90 Å². The van der Waals surface area contributed by atoms with Crippen molar-refractivity contribution in [3.63, 3.8) is 0 Å². The lowest BCUT2D eigenvalue weighted by molar-refractivity contribution is 0.180. The van der Waals surface area contributed by atoms with Gasteiger partial charge in [-0.2, -0.15) is 0 Å². The summed E-state index contributed by atoms with van der Waals surface area (Å²) in [6.07, 6.45) is 4.02. The predicted molar refractivity (Wildman–Crippen MR) is 75.2 cm³/mol. The first-order valence-electron chi connectivity index (χ1n) is 6.64. The maximum absolute atomic E-state index is 5.91. The van der Waals surface area contributed by atoms with E-state index in [1.807, 2.05) is 6.92 Å². The van der Waals surface area contributed by atoms with E-state index in [1.165, 1.54) is 32.4 Å². The highest BCUT2D eigenvalue weighted by molar-refractivity contribution is 6.29. The fraction of sp³-hybridized carbons (Fsp3) is 0.692. The fourth-order valence-corrected chi connectivity index (χ4v) is 2.59. The second-order valence-electron chi connectivity index (χ2n) is 4.95. The van der Waals surface area contributed by atoms with E-state index in [1.54, 1.807) is 6.07 Å². The standard InChI is InChI=1S/C13H21ClN4/c1-10(18-6-4-3-5-7-18)9-15-13-8-12(14)16-11(2)17-13/h8,10H,3-7,9H2,1-2H3,(H,15,16,17). The summed E-state index contributed by atoms with van der Waals surface area (Å²) in [5.74, 6) is 1.52. The van der Waals surface area contributed by atoms with E-state index in [0.717, 1.165) is 12.4 Å². The molecule has 100 valence electrons. The van der Waals surface area contributed by atoms with Crippen molar-refractivity contribution in [3.8, 4) is 0 Å². The number of nitrogens with one attached hydrogen (secondary N) is 1. The Bertz CT molecular complexity index is 370. The minimum atomic E-state index is 0.496. The fourth-order valence-electron chi connectivity index (χ4n) is 2.36. The Morgan fingerprint density at radius 2 is 2.06 bits per heavy atom. The van der Waals surface area contributed by atoms with E-state index >= 15 is 0 Å². The first kappa shape index (κ1) is 13.6. The lowest BCUT2D eigenvalue weighted by Crippen LogP contribution is -2.41. The minimum absolute atomic E-state index is 0.496. The first-order chi connectivity index (χ1) is 8.65. The zero-order valence-corrected chi connectivity index (χ0v) is 11.9. The van der Waals surface area contributed by atoms with E-state index in [9.17, 15) is 0 Å². The molecule has 0 aromatic carbocycles. The van der Waals surface area contributed by atoms with Crippen LogP contribution in [0, 0.1) is 6.92 Å². The Morgan fingerprint density at radius 3 is 2.72 bits per heavy atom. The van der Waals surface area contributed by atoms with E-state index in [0.29, 0.717) is 17.0 Å². The molecule has 1 aliphatic heterocycles. The summed E-state index contributed by atoms with van der Waals surface area (Å²) in [5, 5.41) is 3.84. The van der Waals surface area contributed by atoms with Crippen LogP contribution >= 0.6 is 11.6 Å². The summed E-state index contributed by atoms with van der Waals surface area (Å²) in [5.41, 5.74) is 0. The molecule has 0 bridgehead atoms. The zero-order valence-electron chi connectivity index (χ0n) is 11.1. The number of rotatable bonds is 4. The molecule has 0 radical (unpaired) electrons. The van der Waals surface area contributed by atoms with Crippen LogP contribution in [-0.4, -0.2) is 40.5 Å². The Kier molecular flexibility index (Phi) is 4.78. The molecule has 1 fully saturated rings. The van der Waals surface area contributed by atoms with Gasteiger partial charge in [0.05, 0.1) is 0 Å². The Hall–Kier alpha value is -0.870. The number of likely N-dealkylation sites (tertiary alicyclic amines) is 1. The second kappa shape index (κ2) is 6.34. The van der Waals surface area contributed by atoms with Crippen LogP contribution in [0.1, 0.15) is 32.0 Å². The Balaban J connectivity index is 1.86. The third-order valence-electron chi connectivity index (χ3n) is 3.40. The topological polar surface area (TPSA) is 41.1 Å². The maximum Gasteiger partial charge on any atom is 0.134 e. The van der Waals surface area contributed by atoms with Crippen LogP contribution in [-0.2, 0) is 0 Å². The van der Waals surface area contributed by atoms with Gasteiger partial charge in [0.2, 0.25) is 0 Å². The SMILES string of the molecule is Cc1nc(Cl)cc(NCC(C)N2CCCCC2)n1. The van der Waals surface area contributed by atoms with Gasteiger partial charge in [0.15, 0.2) is 0 Å². The van der Waals surface area contributed by atoms with Gasteiger partial charge in [0, 0.05) is 18.7 Å². The highest BCUT2D eigenvalue weighted by Gasteiger charge is 2.16. The number of aromatic nitrogens is 2. The molecule has 1 N–H and O–H groups in total. The number of aryl methyl sites for hydroxylation is 1. The van der Waals surface area contributed by atoms with Crippen molar-refractivity contribution in [2.75, 3.05) is 25.0 Å². The minimum Gasteiger partial charge on any atom is -0.368 e. The van der Waals surface area contributed by atoms with E-state index in [-0.39, 0.29) is 0 Å². The molecule has 1 aromatic rings. The lowest BCUT2D eigenvalue weighted by Gasteiger charge is -2.32. The zero-order chi connectivity index (χ0) is 13.0. The molecule has 4 nitrogen and oxygen atoms in total. The van der Waals surface area contributed by atoms with Gasteiger partial charge in [-0.25, -0.2) is 9.97 Å². The van der Waals surface area contributed by atoms with Crippen molar-refractivity contribution in [1.29, 1.82) is 0 Å². The number of anilines is 1. The number of piperidine rings is 1. The van der Waals surface area contributed by atoms with Crippen LogP contribution in [0.2, 0.25) is 5.15 Å². The maximum atomic E-state index is 5.91. The Labute approximate surface area is 114 Å². The van der Waals surface area contributed by atoms with E-state index in [2.05, 4.69) is 27.1 Å². The molecule has 1 aromatic heterocycles. The van der Waals surface area contributed by atoms with Gasteiger partial charge < -0.3 is 5.32 Å². The monoisotopic (exact) mass is 268 g/mol. The van der Waals surface area contributed by atoms with Gasteiger partial charge in [-0.1, -0.05) is 18.0 Å². The van der Waals surface area contributed by atoms with Gasteiger partial charge >= 0.3 is 0 Å². The van der Waals surface area contributed by atoms with Crippen LogP contribution in [0.3, 0.4) is 0 Å². The average molecular weight is 269 g/mol. The largest absolute Gasteiger partial charge is 0.368 e. The summed E-state index contributed by atoms with van der Waals surface area (Å²) in [6, 6.07) is 2.30. The second-order valence-corrected chi connectivity index (χ2v) is 5.34. The molecule has 0 spiro atoms. The van der Waals surface area contributed by atoms with Crippen LogP contribution in [0.25, 0.3) is 0 Å². The normalized spacial score (nSPS) is 18.6. The van der Waals surface area contributed by atoms with Crippen molar-refractivity contribution in [2.24, 2.45) is 0 Å². The van der Waals surface area contributed by atoms with Crippen LogP contribution in [0.4, 0.5) is 5.82 Å². The summed E-state index contributed by atoms with van der Waals surface area (Å²) < 4.78 is 0. The molecule has 1 saturated heterocycles. The molecular weight excluding hydrogens is 248 g/mol. The molecule has 2 rings (SSSR count). The first-order valence-corrected chi connectivity index (χ1v) is 7.02. The lowest BCUT2D eigenvalue weighted by atomic mass is 10.1. The van der Waals surface area contributed by atoms with Crippen molar-refractivity contribution in [2.45, 2.75) is 39.2 Å². The van der Waals surface area contributed by atoms with E-state index in [4.69, 9.17) is 11.6 Å². The molecule has 0 amide bonds. The summed E-state index contributed by atoms with van der Waals surface area (Å²) in [6.45, 7) is 7.44. The van der Waals surface area contributed by atoms with Crippen LogP contribution in [0.5, 0.6) is 0 Å². The quantitative estimate of drug-likeness (QED) is 0.853. The van der Waals surface area contributed by atoms with Gasteiger partial charge in [0.1, 0.15) is 16.8 Å². The number of halogens is 1. The summed E-state index contributed by atoms with van der Waals surface area (Å²) in [7, 11) is 0. The number of nitrogens with zero attached hydrogens (tertiary/aromatic N) is 3. The summed E-state index contributed by atoms with van der Waals surface area (Å²) in [4.78, 5) is 10.9. The van der Waals surface area contributed by atoms with Crippen molar-refractivity contribution < 1.29 is 0 Å². The smallest absolute Gasteiger partial charge is 0.134 e. The van der Waals surface area contributed by atoms with Crippen molar-refractivity contribution in [1.82, 2.24) is 14.9 Å². The molecule has 1 aliphatic rings. The molecule has 1 unspecified atom stereocenters. The third-order valence-corrected chi connectivity index (χ3v) is 3.59. The van der Waals surface area contributed by atoms with Crippen LogP contribution in [0.15, 0.2) is 6.07 Å². The highest BCUT2D eigenvalue weighted by atomic mass is 35.5. The average Bonchev–Trinajstić information content (AvgIpc) is 2.36. The molecule has 18 heavy (non-hydrogen) atoms. The molecular formula is C13H21ClN4. The highest BCUT2D eigenvalue weighted by Crippen LogP contribution is 2.14. The van der Waals surface area contributed by atoms with Crippen molar-refractivity contribution >= 4 is 17.4 Å². The molecule has 5 heteroatoms. The molecule has 0 saturated carbocycles. The summed E-state index contributed by atoms with van der Waals surface area (Å²) >= 11 is 5.91. The van der Waals surface area contributed by atoms with Gasteiger partial charge in [0.25, 0.3) is 0 Å². The third kappa shape index (κ3) is 3.82. The molecule has 1 atom stereocenters. The van der Waals surface area contributed by atoms with E-state index < -0.39 is 0 Å². The molecule has 0 aliphatic carbocycles. The molecule has 2 heterocycles. The van der Waals surface area contributed by atoms with Crippen LogP contribution < -0.4 is 5.32 Å². The van der Waals surface area contributed by atoms with Gasteiger partial charge in [-0.05, 0) is 39.8 Å². The van der Waals surface area contributed by atoms with Gasteiger partial charge in [-0.15, -0.1) is 0 Å². The number of hydrogen-bond donors (Lipinski definition) is 1. The predicted octanol–water partition coefficient (Wildman–Crippen LogP) is 2.72. The van der Waals surface area contributed by atoms with Crippen molar-refractivity contribution in [3.05, 3.63) is 17.0 Å².